The van der Waals surface area contributed by atoms with Crippen LogP contribution >= 0.6 is 15.9 Å². The van der Waals surface area contributed by atoms with Gasteiger partial charge in [0.25, 0.3) is 5.69 Å². The van der Waals surface area contributed by atoms with Crippen LogP contribution in [0.5, 0.6) is 0 Å². The molecule has 0 saturated carbocycles. The zero-order valence-electron chi connectivity index (χ0n) is 11.6. The monoisotopic (exact) mass is 352 g/mol. The van der Waals surface area contributed by atoms with E-state index in [4.69, 9.17) is 0 Å². The van der Waals surface area contributed by atoms with Gasteiger partial charge in [-0.15, -0.1) is 0 Å². The molecule has 1 unspecified atom stereocenters. The molecule has 0 radical (unpaired) electrons. The molecule has 0 amide bonds. The van der Waals surface area contributed by atoms with E-state index in [0.717, 1.165) is 4.47 Å². The van der Waals surface area contributed by atoms with Crippen molar-refractivity contribution in [2.24, 2.45) is 0 Å². The Morgan fingerprint density at radius 2 is 2.00 bits per heavy atom. The second kappa shape index (κ2) is 6.22. The van der Waals surface area contributed by atoms with Crippen molar-refractivity contribution in [3.8, 4) is 0 Å². The number of halogens is 2. The summed E-state index contributed by atoms with van der Waals surface area (Å²) in [4.78, 5) is 10.5. The van der Waals surface area contributed by atoms with Crippen LogP contribution in [0.3, 0.4) is 0 Å². The highest BCUT2D eigenvalue weighted by Crippen LogP contribution is 2.27. The maximum Gasteiger partial charge on any atom is 0.274 e. The van der Waals surface area contributed by atoms with E-state index in [-0.39, 0.29) is 17.5 Å². The Morgan fingerprint density at radius 3 is 2.67 bits per heavy atom. The Kier molecular flexibility index (Phi) is 4.57. The first-order chi connectivity index (χ1) is 9.88. The van der Waals surface area contributed by atoms with Gasteiger partial charge in [-0.25, -0.2) is 4.39 Å². The molecule has 0 aromatic heterocycles. The van der Waals surface area contributed by atoms with Gasteiger partial charge in [-0.2, -0.15) is 0 Å². The zero-order valence-corrected chi connectivity index (χ0v) is 13.1. The van der Waals surface area contributed by atoms with Crippen LogP contribution in [0.15, 0.2) is 40.9 Å². The molecule has 0 spiro atoms. The van der Waals surface area contributed by atoms with Crippen molar-refractivity contribution in [2.75, 3.05) is 5.32 Å². The fourth-order valence-electron chi connectivity index (χ4n) is 2.07. The van der Waals surface area contributed by atoms with Crippen LogP contribution in [-0.4, -0.2) is 4.92 Å². The van der Waals surface area contributed by atoms with Crippen LogP contribution in [0.4, 0.5) is 15.8 Å². The van der Waals surface area contributed by atoms with Crippen LogP contribution < -0.4 is 5.32 Å². The lowest BCUT2D eigenvalue weighted by atomic mass is 10.1. The first-order valence-corrected chi connectivity index (χ1v) is 7.14. The molecule has 0 aliphatic carbocycles. The number of hydrogen-bond donors (Lipinski definition) is 1. The van der Waals surface area contributed by atoms with E-state index < -0.39 is 4.92 Å². The standard InChI is InChI=1S/C15H14BrFN2O2/c1-9-3-5-12(8-15(9)19(20)21)18-10(2)13-7-11(16)4-6-14(13)17/h3-8,10,18H,1-2H3. The molecular weight excluding hydrogens is 339 g/mol. The number of aryl methyl sites for hydroxylation is 1. The van der Waals surface area contributed by atoms with Crippen molar-refractivity contribution in [3.05, 3.63) is 67.9 Å². The number of rotatable bonds is 4. The molecular formula is C15H14BrFN2O2. The summed E-state index contributed by atoms with van der Waals surface area (Å²) in [5, 5.41) is 14.0. The second-order valence-electron chi connectivity index (χ2n) is 4.79. The fourth-order valence-corrected chi connectivity index (χ4v) is 2.45. The Hall–Kier alpha value is -1.95. The van der Waals surface area contributed by atoms with Crippen molar-refractivity contribution < 1.29 is 9.31 Å². The highest BCUT2D eigenvalue weighted by Gasteiger charge is 2.15. The Balaban J connectivity index is 2.27. The molecule has 0 saturated heterocycles. The minimum absolute atomic E-state index is 0.0434. The number of anilines is 1. The molecule has 1 N–H and O–H groups in total. The summed E-state index contributed by atoms with van der Waals surface area (Å²) in [5.74, 6) is -0.320. The van der Waals surface area contributed by atoms with Crippen LogP contribution in [0, 0.1) is 22.9 Å². The van der Waals surface area contributed by atoms with Crippen LogP contribution in [-0.2, 0) is 0 Å². The maximum atomic E-state index is 13.8. The largest absolute Gasteiger partial charge is 0.378 e. The molecule has 0 aliphatic rings. The van der Waals surface area contributed by atoms with Gasteiger partial charge in [0.15, 0.2) is 0 Å². The lowest BCUT2D eigenvalue weighted by Gasteiger charge is -2.17. The highest BCUT2D eigenvalue weighted by atomic mass is 79.9. The minimum atomic E-state index is -0.426. The predicted molar refractivity (Wildman–Crippen MR) is 84.0 cm³/mol. The molecule has 2 aromatic carbocycles. The topological polar surface area (TPSA) is 55.2 Å². The van der Waals surface area contributed by atoms with Crippen molar-refractivity contribution in [2.45, 2.75) is 19.9 Å². The average molecular weight is 353 g/mol. The van der Waals surface area contributed by atoms with Crippen LogP contribution in [0.25, 0.3) is 0 Å². The summed E-state index contributed by atoms with van der Waals surface area (Å²) in [6.07, 6.45) is 0. The zero-order chi connectivity index (χ0) is 15.6. The molecule has 1 atom stereocenters. The van der Waals surface area contributed by atoms with Gasteiger partial charge in [-0.1, -0.05) is 22.0 Å². The SMILES string of the molecule is Cc1ccc(NC(C)c2cc(Br)ccc2F)cc1[N+](=O)[O-]. The normalized spacial score (nSPS) is 12.0. The molecule has 0 bridgehead atoms. The maximum absolute atomic E-state index is 13.8. The lowest BCUT2D eigenvalue weighted by molar-refractivity contribution is -0.385. The van der Waals surface area contributed by atoms with Crippen molar-refractivity contribution in [1.82, 2.24) is 0 Å². The summed E-state index contributed by atoms with van der Waals surface area (Å²) >= 11 is 3.31. The number of benzene rings is 2. The molecule has 0 heterocycles. The molecule has 110 valence electrons. The first-order valence-electron chi connectivity index (χ1n) is 6.35. The Bertz CT molecular complexity index is 691. The van der Waals surface area contributed by atoms with Crippen molar-refractivity contribution >= 4 is 27.3 Å². The molecule has 0 aliphatic heterocycles. The fraction of sp³-hybridized carbons (Fsp3) is 0.200. The average Bonchev–Trinajstić information content (AvgIpc) is 2.43. The van der Waals surface area contributed by atoms with Gasteiger partial charge in [0.1, 0.15) is 5.82 Å². The summed E-state index contributed by atoms with van der Waals surface area (Å²) in [6, 6.07) is 9.26. The number of hydrogen-bond acceptors (Lipinski definition) is 3. The highest BCUT2D eigenvalue weighted by molar-refractivity contribution is 9.10. The number of nitrogens with zero attached hydrogens (tertiary/aromatic N) is 1. The minimum Gasteiger partial charge on any atom is -0.378 e. The van der Waals surface area contributed by atoms with E-state index in [1.54, 1.807) is 38.1 Å². The summed E-state index contributed by atoms with van der Waals surface area (Å²) in [6.45, 7) is 3.48. The van der Waals surface area contributed by atoms with Gasteiger partial charge in [0, 0.05) is 27.4 Å². The molecule has 2 rings (SSSR count). The van der Waals surface area contributed by atoms with Gasteiger partial charge >= 0.3 is 0 Å². The number of nitro groups is 1. The van der Waals surface area contributed by atoms with Gasteiger partial charge < -0.3 is 5.32 Å². The quantitative estimate of drug-likeness (QED) is 0.623. The van der Waals surface area contributed by atoms with E-state index in [1.807, 2.05) is 0 Å². The molecule has 6 heteroatoms. The Labute approximate surface area is 130 Å². The van der Waals surface area contributed by atoms with Gasteiger partial charge in [0.2, 0.25) is 0 Å². The van der Waals surface area contributed by atoms with Crippen LogP contribution in [0.1, 0.15) is 24.1 Å². The molecule has 2 aromatic rings. The first kappa shape index (κ1) is 15.4. The number of nitrogens with one attached hydrogen (secondary N) is 1. The summed E-state index contributed by atoms with van der Waals surface area (Å²) in [5.41, 5.74) is 1.71. The summed E-state index contributed by atoms with van der Waals surface area (Å²) < 4.78 is 14.6. The van der Waals surface area contributed by atoms with E-state index in [1.165, 1.54) is 12.1 Å². The van der Waals surface area contributed by atoms with E-state index in [9.17, 15) is 14.5 Å². The van der Waals surface area contributed by atoms with Gasteiger partial charge in [0.05, 0.1) is 11.0 Å². The lowest BCUT2D eigenvalue weighted by Crippen LogP contribution is -2.09. The van der Waals surface area contributed by atoms with Crippen molar-refractivity contribution in [1.29, 1.82) is 0 Å². The van der Waals surface area contributed by atoms with E-state index >= 15 is 0 Å². The van der Waals surface area contributed by atoms with E-state index in [0.29, 0.717) is 16.8 Å². The van der Waals surface area contributed by atoms with Crippen molar-refractivity contribution in [3.63, 3.8) is 0 Å². The van der Waals surface area contributed by atoms with E-state index in [2.05, 4.69) is 21.2 Å². The molecule has 0 fully saturated rings. The third kappa shape index (κ3) is 3.58. The third-order valence-corrected chi connectivity index (χ3v) is 3.71. The smallest absolute Gasteiger partial charge is 0.274 e. The van der Waals surface area contributed by atoms with Gasteiger partial charge in [-0.3, -0.25) is 10.1 Å². The number of nitro benzene ring substituents is 1. The summed E-state index contributed by atoms with van der Waals surface area (Å²) in [7, 11) is 0. The predicted octanol–water partition coefficient (Wildman–Crippen LogP) is 4.98. The molecule has 4 nitrogen and oxygen atoms in total. The second-order valence-corrected chi connectivity index (χ2v) is 5.71. The molecule has 21 heavy (non-hydrogen) atoms. The van der Waals surface area contributed by atoms with Gasteiger partial charge in [-0.05, 0) is 38.1 Å². The van der Waals surface area contributed by atoms with Crippen LogP contribution in [0.2, 0.25) is 0 Å². The Morgan fingerprint density at radius 1 is 1.29 bits per heavy atom. The third-order valence-electron chi connectivity index (χ3n) is 3.21.